The van der Waals surface area contributed by atoms with Gasteiger partial charge < -0.3 is 15.1 Å². The maximum atomic E-state index is 13.7. The maximum absolute atomic E-state index is 13.7. The number of anilines is 1. The molecule has 0 spiro atoms. The molecule has 0 bridgehead atoms. The van der Waals surface area contributed by atoms with E-state index in [0.29, 0.717) is 24.6 Å². The van der Waals surface area contributed by atoms with Crippen molar-refractivity contribution in [2.75, 3.05) is 37.6 Å². The minimum atomic E-state index is -0.278. The van der Waals surface area contributed by atoms with Gasteiger partial charge in [-0.15, -0.1) is 24.8 Å². The van der Waals surface area contributed by atoms with Crippen LogP contribution in [0.25, 0.3) is 0 Å². The van der Waals surface area contributed by atoms with Crippen LogP contribution in [0.15, 0.2) is 42.6 Å². The van der Waals surface area contributed by atoms with Gasteiger partial charge in [0.1, 0.15) is 11.6 Å². The van der Waals surface area contributed by atoms with Crippen molar-refractivity contribution < 1.29 is 9.18 Å². The zero-order chi connectivity index (χ0) is 18.8. The first-order valence-electron chi connectivity index (χ1n) is 9.60. The number of hydrogen-bond donors (Lipinski definition) is 1. The zero-order valence-electron chi connectivity index (χ0n) is 16.4. The van der Waals surface area contributed by atoms with Crippen LogP contribution in [0.4, 0.5) is 10.2 Å². The molecule has 1 amide bonds. The van der Waals surface area contributed by atoms with Gasteiger partial charge in [-0.1, -0.05) is 19.1 Å². The van der Waals surface area contributed by atoms with E-state index in [2.05, 4.69) is 22.1 Å². The number of piperazine rings is 1. The summed E-state index contributed by atoms with van der Waals surface area (Å²) in [7, 11) is 0. The van der Waals surface area contributed by atoms with Crippen LogP contribution in [0.1, 0.15) is 35.3 Å². The Kier molecular flexibility index (Phi) is 8.25. The highest BCUT2D eigenvalue weighted by molar-refractivity contribution is 5.95. The van der Waals surface area contributed by atoms with Crippen molar-refractivity contribution in [3.8, 4) is 0 Å². The fourth-order valence-electron chi connectivity index (χ4n) is 3.99. The summed E-state index contributed by atoms with van der Waals surface area (Å²) in [6.45, 7) is 6.14. The lowest BCUT2D eigenvalue weighted by molar-refractivity contribution is 0.0634. The van der Waals surface area contributed by atoms with Gasteiger partial charge in [-0.25, -0.2) is 9.37 Å². The summed E-state index contributed by atoms with van der Waals surface area (Å²) in [6.07, 6.45) is 2.87. The maximum Gasteiger partial charge on any atom is 0.254 e. The van der Waals surface area contributed by atoms with Crippen molar-refractivity contribution in [2.24, 2.45) is 5.92 Å². The molecule has 3 heterocycles. The molecular formula is C21H27Cl2FN4O. The summed E-state index contributed by atoms with van der Waals surface area (Å²) in [5.74, 6) is 1.21. The number of carbonyl (C=O) groups is 1. The number of rotatable bonds is 3. The van der Waals surface area contributed by atoms with Crippen LogP contribution in [-0.4, -0.2) is 48.5 Å². The molecule has 158 valence electrons. The molecule has 2 aromatic rings. The van der Waals surface area contributed by atoms with E-state index in [1.807, 2.05) is 17.0 Å². The smallest absolute Gasteiger partial charge is 0.254 e. The number of amides is 1. The molecule has 2 atom stereocenters. The first-order valence-corrected chi connectivity index (χ1v) is 9.60. The first-order chi connectivity index (χ1) is 13.1. The van der Waals surface area contributed by atoms with Crippen molar-refractivity contribution in [3.05, 3.63) is 59.5 Å². The number of hydrogen-bond acceptors (Lipinski definition) is 4. The molecule has 0 aliphatic carbocycles. The van der Waals surface area contributed by atoms with Gasteiger partial charge >= 0.3 is 0 Å². The van der Waals surface area contributed by atoms with Crippen molar-refractivity contribution in [3.63, 3.8) is 0 Å². The molecule has 1 N–H and O–H groups in total. The average Bonchev–Trinajstić information content (AvgIpc) is 3.14. The van der Waals surface area contributed by atoms with Gasteiger partial charge in [0.15, 0.2) is 0 Å². The Labute approximate surface area is 183 Å². The van der Waals surface area contributed by atoms with Crippen molar-refractivity contribution >= 4 is 36.5 Å². The molecule has 4 rings (SSSR count). The molecule has 2 fully saturated rings. The van der Waals surface area contributed by atoms with Gasteiger partial charge in [-0.05, 0) is 42.2 Å². The number of nitrogens with one attached hydrogen (secondary N) is 1. The average molecular weight is 441 g/mol. The molecule has 2 unspecified atom stereocenters. The molecule has 8 heteroatoms. The summed E-state index contributed by atoms with van der Waals surface area (Å²) in [6, 6.07) is 10.0. The minimum Gasteiger partial charge on any atom is -0.356 e. The fraction of sp³-hybridized carbons (Fsp3) is 0.429. The highest BCUT2D eigenvalue weighted by Gasteiger charge is 2.29. The lowest BCUT2D eigenvalue weighted by Crippen LogP contribution is -2.48. The van der Waals surface area contributed by atoms with E-state index in [1.54, 1.807) is 18.3 Å². The third-order valence-corrected chi connectivity index (χ3v) is 5.48. The highest BCUT2D eigenvalue weighted by atomic mass is 35.5. The summed E-state index contributed by atoms with van der Waals surface area (Å²) in [5.41, 5.74) is 1.46. The Morgan fingerprint density at radius 1 is 1.21 bits per heavy atom. The van der Waals surface area contributed by atoms with Crippen LogP contribution in [0.5, 0.6) is 0 Å². The number of halogens is 3. The van der Waals surface area contributed by atoms with E-state index in [9.17, 15) is 9.18 Å². The minimum absolute atomic E-state index is 0. The zero-order valence-corrected chi connectivity index (χ0v) is 18.0. The van der Waals surface area contributed by atoms with Gasteiger partial charge in [0, 0.05) is 44.5 Å². The standard InChI is InChI=1S/C21H25FN4O.2ClH/c1-15-6-9-25(14-15)20-12-17(5-7-24-20)21(27)26-10-8-23-13-19(26)16-3-2-4-18(22)11-16;;/h2-5,7,11-12,15,19,23H,6,8-10,13-14H2,1H3;2*1H. The third-order valence-electron chi connectivity index (χ3n) is 5.48. The summed E-state index contributed by atoms with van der Waals surface area (Å²) in [4.78, 5) is 21.8. The Bertz CT molecular complexity index is 838. The van der Waals surface area contributed by atoms with Crippen LogP contribution in [-0.2, 0) is 0 Å². The molecular weight excluding hydrogens is 414 g/mol. The Hall–Kier alpha value is -1.89. The van der Waals surface area contributed by atoms with Crippen LogP contribution in [0, 0.1) is 11.7 Å². The van der Waals surface area contributed by atoms with Gasteiger partial charge in [-0.3, -0.25) is 4.79 Å². The van der Waals surface area contributed by atoms with E-state index in [0.717, 1.165) is 37.4 Å². The lowest BCUT2D eigenvalue weighted by atomic mass is 10.0. The summed E-state index contributed by atoms with van der Waals surface area (Å²) in [5, 5.41) is 3.31. The van der Waals surface area contributed by atoms with Gasteiger partial charge in [0.05, 0.1) is 6.04 Å². The number of pyridine rings is 1. The predicted octanol–water partition coefficient (Wildman–Crippen LogP) is 3.70. The van der Waals surface area contributed by atoms with Crippen LogP contribution in [0.3, 0.4) is 0 Å². The highest BCUT2D eigenvalue weighted by Crippen LogP contribution is 2.27. The van der Waals surface area contributed by atoms with Crippen LogP contribution >= 0.6 is 24.8 Å². The second-order valence-corrected chi connectivity index (χ2v) is 7.52. The largest absolute Gasteiger partial charge is 0.356 e. The number of nitrogens with zero attached hydrogens (tertiary/aromatic N) is 3. The lowest BCUT2D eigenvalue weighted by Gasteiger charge is -2.36. The topological polar surface area (TPSA) is 48.5 Å². The van der Waals surface area contributed by atoms with E-state index < -0.39 is 0 Å². The quantitative estimate of drug-likeness (QED) is 0.790. The molecule has 2 saturated heterocycles. The molecule has 1 aromatic carbocycles. The molecule has 29 heavy (non-hydrogen) atoms. The van der Waals surface area contributed by atoms with Crippen molar-refractivity contribution in [1.82, 2.24) is 15.2 Å². The number of benzene rings is 1. The SMILES string of the molecule is CC1CCN(c2cc(C(=O)N3CCNCC3c3cccc(F)c3)ccn2)C1.Cl.Cl. The monoisotopic (exact) mass is 440 g/mol. The second-order valence-electron chi connectivity index (χ2n) is 7.52. The van der Waals surface area contributed by atoms with E-state index >= 15 is 0 Å². The first kappa shape index (κ1) is 23.4. The normalized spacial score (nSPS) is 21.3. The molecule has 5 nitrogen and oxygen atoms in total. The van der Waals surface area contributed by atoms with Crippen LogP contribution < -0.4 is 10.2 Å². The summed E-state index contributed by atoms with van der Waals surface area (Å²) >= 11 is 0. The van der Waals surface area contributed by atoms with Gasteiger partial charge in [0.25, 0.3) is 5.91 Å². The van der Waals surface area contributed by atoms with Gasteiger partial charge in [-0.2, -0.15) is 0 Å². The Balaban J connectivity index is 0.00000150. The number of aromatic nitrogens is 1. The van der Waals surface area contributed by atoms with E-state index in [4.69, 9.17) is 0 Å². The van der Waals surface area contributed by atoms with Crippen LogP contribution in [0.2, 0.25) is 0 Å². The van der Waals surface area contributed by atoms with E-state index in [-0.39, 0.29) is 42.6 Å². The third kappa shape index (κ3) is 5.18. The second kappa shape index (κ2) is 10.2. The predicted molar refractivity (Wildman–Crippen MR) is 118 cm³/mol. The Morgan fingerprint density at radius 2 is 2.03 bits per heavy atom. The van der Waals surface area contributed by atoms with Crippen molar-refractivity contribution in [2.45, 2.75) is 19.4 Å². The van der Waals surface area contributed by atoms with Gasteiger partial charge in [0.2, 0.25) is 0 Å². The molecule has 0 saturated carbocycles. The molecule has 2 aliphatic rings. The molecule has 1 aromatic heterocycles. The molecule has 0 radical (unpaired) electrons. The Morgan fingerprint density at radius 3 is 2.76 bits per heavy atom. The van der Waals surface area contributed by atoms with Crippen molar-refractivity contribution in [1.29, 1.82) is 0 Å². The number of carbonyl (C=O) groups excluding carboxylic acids is 1. The van der Waals surface area contributed by atoms with E-state index in [1.165, 1.54) is 12.1 Å². The molecule has 2 aliphatic heterocycles. The summed E-state index contributed by atoms with van der Waals surface area (Å²) < 4.78 is 13.7. The fourth-order valence-corrected chi connectivity index (χ4v) is 3.99.